The van der Waals surface area contributed by atoms with Crippen molar-refractivity contribution in [3.63, 3.8) is 0 Å². The van der Waals surface area contributed by atoms with E-state index in [1.807, 2.05) is 12.1 Å². The summed E-state index contributed by atoms with van der Waals surface area (Å²) in [5, 5.41) is 9.51. The first-order chi connectivity index (χ1) is 8.15. The first-order valence-corrected chi connectivity index (χ1v) is 6.21. The highest BCUT2D eigenvalue weighted by Gasteiger charge is 2.46. The maximum absolute atomic E-state index is 9.51. The van der Waals surface area contributed by atoms with Crippen LogP contribution in [-0.2, 0) is 5.41 Å². The van der Waals surface area contributed by atoms with E-state index in [1.165, 1.54) is 5.56 Å². The third-order valence-corrected chi connectivity index (χ3v) is 3.94. The number of nitriles is 1. The molecular weight excluding hydrogens is 210 g/mol. The van der Waals surface area contributed by atoms with E-state index in [0.29, 0.717) is 5.92 Å². The Balaban J connectivity index is 2.39. The van der Waals surface area contributed by atoms with Crippen LogP contribution < -0.4 is 4.74 Å². The highest BCUT2D eigenvalue weighted by Crippen LogP contribution is 2.51. The van der Waals surface area contributed by atoms with Gasteiger partial charge in [-0.1, -0.05) is 31.0 Å². The summed E-state index contributed by atoms with van der Waals surface area (Å²) in [6.07, 6.45) is 3.11. The minimum Gasteiger partial charge on any atom is -0.496 e. The Hall–Kier alpha value is -1.49. The third-order valence-electron chi connectivity index (χ3n) is 3.94. The lowest BCUT2D eigenvalue weighted by Gasteiger charge is -2.43. The molecule has 0 radical (unpaired) electrons. The Kier molecular flexibility index (Phi) is 3.11. The maximum atomic E-state index is 9.51. The van der Waals surface area contributed by atoms with Gasteiger partial charge in [0.25, 0.3) is 0 Å². The molecule has 0 amide bonds. The average Bonchev–Trinajstić information content (AvgIpc) is 2.29. The number of hydrogen-bond acceptors (Lipinski definition) is 2. The summed E-state index contributed by atoms with van der Waals surface area (Å²) in [6, 6.07) is 8.63. The molecule has 0 bridgehead atoms. The summed E-state index contributed by atoms with van der Waals surface area (Å²) in [4.78, 5) is 0. The standard InChI is InChI=1S/C15H19NO/c1-4-12-8-15(9-12,10-16)13-7-11(2)5-6-14(13)17-3/h5-7,12H,4,8-9H2,1-3H3. The van der Waals surface area contributed by atoms with E-state index in [0.717, 1.165) is 30.6 Å². The van der Waals surface area contributed by atoms with Crippen LogP contribution in [0, 0.1) is 24.2 Å². The van der Waals surface area contributed by atoms with Crippen molar-refractivity contribution in [1.82, 2.24) is 0 Å². The molecule has 2 heteroatoms. The SMILES string of the molecule is CCC1CC(C#N)(c2cc(C)ccc2OC)C1. The molecule has 0 aromatic heterocycles. The van der Waals surface area contributed by atoms with Gasteiger partial charge in [-0.25, -0.2) is 0 Å². The summed E-state index contributed by atoms with van der Waals surface area (Å²) < 4.78 is 5.40. The number of benzene rings is 1. The van der Waals surface area contributed by atoms with Crippen molar-refractivity contribution in [2.75, 3.05) is 7.11 Å². The quantitative estimate of drug-likeness (QED) is 0.793. The van der Waals surface area contributed by atoms with Gasteiger partial charge >= 0.3 is 0 Å². The summed E-state index contributed by atoms with van der Waals surface area (Å²) in [5.74, 6) is 1.55. The number of ether oxygens (including phenoxy) is 1. The lowest BCUT2D eigenvalue weighted by Crippen LogP contribution is -2.40. The molecule has 1 saturated carbocycles. The van der Waals surface area contributed by atoms with Crippen LogP contribution in [0.4, 0.5) is 0 Å². The van der Waals surface area contributed by atoms with Gasteiger partial charge in [-0.3, -0.25) is 0 Å². The minimum atomic E-state index is -0.308. The molecule has 1 aromatic rings. The second-order valence-electron chi connectivity index (χ2n) is 5.08. The van der Waals surface area contributed by atoms with Crippen molar-refractivity contribution in [3.8, 4) is 11.8 Å². The molecule has 0 spiro atoms. The summed E-state index contributed by atoms with van der Waals surface area (Å²) >= 11 is 0. The highest BCUT2D eigenvalue weighted by atomic mass is 16.5. The van der Waals surface area contributed by atoms with E-state index in [4.69, 9.17) is 4.74 Å². The zero-order chi connectivity index (χ0) is 12.5. The molecule has 0 saturated heterocycles. The van der Waals surface area contributed by atoms with E-state index in [-0.39, 0.29) is 5.41 Å². The molecule has 17 heavy (non-hydrogen) atoms. The fourth-order valence-electron chi connectivity index (χ4n) is 2.78. The molecule has 2 nitrogen and oxygen atoms in total. The van der Waals surface area contributed by atoms with E-state index in [2.05, 4.69) is 26.0 Å². The molecule has 0 unspecified atom stereocenters. The second kappa shape index (κ2) is 4.41. The summed E-state index contributed by atoms with van der Waals surface area (Å²) in [5.41, 5.74) is 1.96. The van der Waals surface area contributed by atoms with Crippen LogP contribution >= 0.6 is 0 Å². The maximum Gasteiger partial charge on any atom is 0.123 e. The van der Waals surface area contributed by atoms with E-state index in [9.17, 15) is 5.26 Å². The fraction of sp³-hybridized carbons (Fsp3) is 0.533. The Morgan fingerprint density at radius 2 is 2.18 bits per heavy atom. The van der Waals surface area contributed by atoms with Gasteiger partial charge in [0.05, 0.1) is 18.6 Å². The van der Waals surface area contributed by atoms with Crippen molar-refractivity contribution in [1.29, 1.82) is 5.26 Å². The van der Waals surface area contributed by atoms with Crippen molar-refractivity contribution < 1.29 is 4.74 Å². The highest BCUT2D eigenvalue weighted by molar-refractivity contribution is 5.47. The number of methoxy groups -OCH3 is 1. The monoisotopic (exact) mass is 229 g/mol. The van der Waals surface area contributed by atoms with Gasteiger partial charge < -0.3 is 4.74 Å². The number of nitrogens with zero attached hydrogens (tertiary/aromatic N) is 1. The first-order valence-electron chi connectivity index (χ1n) is 6.21. The largest absolute Gasteiger partial charge is 0.496 e. The molecule has 1 fully saturated rings. The molecule has 0 aliphatic heterocycles. The molecule has 0 atom stereocenters. The zero-order valence-corrected chi connectivity index (χ0v) is 10.8. The Bertz CT molecular complexity index is 452. The van der Waals surface area contributed by atoms with Crippen molar-refractivity contribution in [2.24, 2.45) is 5.92 Å². The summed E-state index contributed by atoms with van der Waals surface area (Å²) in [7, 11) is 1.68. The Morgan fingerprint density at radius 3 is 2.71 bits per heavy atom. The van der Waals surface area contributed by atoms with Crippen LogP contribution in [0.1, 0.15) is 37.3 Å². The van der Waals surface area contributed by atoms with Crippen molar-refractivity contribution >= 4 is 0 Å². The first kappa shape index (κ1) is 12.0. The van der Waals surface area contributed by atoms with Gasteiger partial charge in [-0.05, 0) is 31.7 Å². The van der Waals surface area contributed by atoms with Gasteiger partial charge in [0.1, 0.15) is 5.75 Å². The van der Waals surface area contributed by atoms with Crippen molar-refractivity contribution in [2.45, 2.75) is 38.5 Å². The number of rotatable bonds is 3. The smallest absolute Gasteiger partial charge is 0.123 e. The number of hydrogen-bond donors (Lipinski definition) is 0. The molecule has 1 aliphatic rings. The molecule has 90 valence electrons. The molecule has 1 aromatic carbocycles. The second-order valence-corrected chi connectivity index (χ2v) is 5.08. The van der Waals surface area contributed by atoms with Crippen LogP contribution in [-0.4, -0.2) is 7.11 Å². The van der Waals surface area contributed by atoms with Crippen LogP contribution in [0.3, 0.4) is 0 Å². The fourth-order valence-corrected chi connectivity index (χ4v) is 2.78. The van der Waals surface area contributed by atoms with Gasteiger partial charge in [-0.15, -0.1) is 0 Å². The summed E-state index contributed by atoms with van der Waals surface area (Å²) in [6.45, 7) is 4.25. The Labute approximate surface area is 103 Å². The lowest BCUT2D eigenvalue weighted by molar-refractivity contribution is 0.187. The van der Waals surface area contributed by atoms with E-state index < -0.39 is 0 Å². The van der Waals surface area contributed by atoms with Gasteiger partial charge in [-0.2, -0.15) is 5.26 Å². The van der Waals surface area contributed by atoms with E-state index >= 15 is 0 Å². The van der Waals surface area contributed by atoms with Crippen molar-refractivity contribution in [3.05, 3.63) is 29.3 Å². The molecule has 0 heterocycles. The zero-order valence-electron chi connectivity index (χ0n) is 10.8. The predicted octanol–water partition coefficient (Wildman–Crippen LogP) is 3.59. The minimum absolute atomic E-state index is 0.308. The number of aryl methyl sites for hydroxylation is 1. The topological polar surface area (TPSA) is 33.0 Å². The molecule has 0 N–H and O–H groups in total. The van der Waals surface area contributed by atoms with Crippen LogP contribution in [0.25, 0.3) is 0 Å². The average molecular weight is 229 g/mol. The van der Waals surface area contributed by atoms with E-state index in [1.54, 1.807) is 7.11 Å². The molecular formula is C15H19NO. The molecule has 2 rings (SSSR count). The van der Waals surface area contributed by atoms with Gasteiger partial charge in [0, 0.05) is 5.56 Å². The van der Waals surface area contributed by atoms with Gasteiger partial charge in [0.15, 0.2) is 0 Å². The van der Waals surface area contributed by atoms with Crippen LogP contribution in [0.2, 0.25) is 0 Å². The Morgan fingerprint density at radius 1 is 1.47 bits per heavy atom. The van der Waals surface area contributed by atoms with Gasteiger partial charge in [0.2, 0.25) is 0 Å². The third kappa shape index (κ3) is 1.91. The molecule has 1 aliphatic carbocycles. The normalized spacial score (nSPS) is 27.1. The lowest BCUT2D eigenvalue weighted by atomic mass is 9.58. The predicted molar refractivity (Wildman–Crippen MR) is 68.0 cm³/mol. The van der Waals surface area contributed by atoms with Crippen LogP contribution in [0.15, 0.2) is 18.2 Å². The van der Waals surface area contributed by atoms with Crippen LogP contribution in [0.5, 0.6) is 5.75 Å².